The second kappa shape index (κ2) is 7.59. The van der Waals surface area contributed by atoms with E-state index in [1.807, 2.05) is 24.3 Å². The summed E-state index contributed by atoms with van der Waals surface area (Å²) in [6.45, 7) is 0. The van der Waals surface area contributed by atoms with Crippen LogP contribution in [0.5, 0.6) is 11.6 Å². The summed E-state index contributed by atoms with van der Waals surface area (Å²) in [6.07, 6.45) is 4.45. The van der Waals surface area contributed by atoms with Crippen LogP contribution in [0.4, 0.5) is 0 Å². The topological polar surface area (TPSA) is 117 Å². The number of hydrogen-bond acceptors (Lipinski definition) is 5. The van der Waals surface area contributed by atoms with E-state index in [1.54, 1.807) is 30.5 Å². The quantitative estimate of drug-likeness (QED) is 0.350. The molecule has 8 heteroatoms. The van der Waals surface area contributed by atoms with E-state index in [0.29, 0.717) is 0 Å². The van der Waals surface area contributed by atoms with Crippen molar-refractivity contribution >= 4 is 22.8 Å². The number of carbonyl (C=O) groups is 1. The minimum atomic E-state index is -0.975. The number of aromatic amines is 2. The Kier molecular flexibility index (Phi) is 4.81. The van der Waals surface area contributed by atoms with Crippen molar-refractivity contribution in [3.8, 4) is 17.3 Å². The molecule has 0 aliphatic rings. The van der Waals surface area contributed by atoms with Gasteiger partial charge in [-0.2, -0.15) is 0 Å². The lowest BCUT2D eigenvalue weighted by Gasteiger charge is -2.13. The Labute approximate surface area is 169 Å². The van der Waals surface area contributed by atoms with Gasteiger partial charge in [0.15, 0.2) is 5.78 Å². The van der Waals surface area contributed by atoms with E-state index in [1.165, 1.54) is 19.3 Å². The van der Waals surface area contributed by atoms with Gasteiger partial charge in [0.05, 0.1) is 12.8 Å². The highest BCUT2D eigenvalue weighted by Gasteiger charge is 2.21. The molecular formula is C22H17N3O5. The van der Waals surface area contributed by atoms with Crippen LogP contribution in [-0.4, -0.2) is 32.5 Å². The number of fused-ring (bicyclic) bond motifs is 1. The average molecular weight is 403 g/mol. The maximum absolute atomic E-state index is 12.7. The van der Waals surface area contributed by atoms with Crippen molar-refractivity contribution in [1.29, 1.82) is 0 Å². The summed E-state index contributed by atoms with van der Waals surface area (Å²) >= 11 is 0. The summed E-state index contributed by atoms with van der Waals surface area (Å²) in [5.74, 6) is -1.22. The molecule has 0 saturated carbocycles. The van der Waals surface area contributed by atoms with Gasteiger partial charge >= 0.3 is 5.69 Å². The van der Waals surface area contributed by atoms with Crippen molar-refractivity contribution in [2.45, 2.75) is 0 Å². The molecule has 0 unspecified atom stereocenters. The molecular weight excluding hydrogens is 386 g/mol. The molecule has 0 amide bonds. The van der Waals surface area contributed by atoms with Crippen LogP contribution in [0, 0.1) is 0 Å². The van der Waals surface area contributed by atoms with Gasteiger partial charge in [-0.3, -0.25) is 14.6 Å². The standard InChI is InChI=1S/C22H17N3O5/c1-30-18-9-5-4-8-16(18)25-21(28)19(20(27)24-22(25)29)17(26)11-10-13-12-23-15-7-3-2-6-14(13)15/h2-12,23,28H,1H3,(H,24,27,29). The predicted molar refractivity (Wildman–Crippen MR) is 113 cm³/mol. The maximum atomic E-state index is 12.7. The number of para-hydroxylation sites is 3. The van der Waals surface area contributed by atoms with Crippen LogP contribution in [0.15, 0.2) is 70.4 Å². The van der Waals surface area contributed by atoms with E-state index < -0.39 is 28.5 Å². The highest BCUT2D eigenvalue weighted by Crippen LogP contribution is 2.25. The van der Waals surface area contributed by atoms with Crippen LogP contribution in [0.1, 0.15) is 15.9 Å². The fraction of sp³-hybridized carbons (Fsp3) is 0.0455. The van der Waals surface area contributed by atoms with E-state index >= 15 is 0 Å². The molecule has 0 radical (unpaired) electrons. The van der Waals surface area contributed by atoms with Crippen molar-refractivity contribution in [3.63, 3.8) is 0 Å². The number of H-pyrrole nitrogens is 2. The summed E-state index contributed by atoms with van der Waals surface area (Å²) in [4.78, 5) is 42.6. The van der Waals surface area contributed by atoms with Crippen molar-refractivity contribution in [3.05, 3.63) is 92.8 Å². The second-order valence-corrected chi connectivity index (χ2v) is 6.45. The van der Waals surface area contributed by atoms with Gasteiger partial charge < -0.3 is 14.8 Å². The molecule has 4 rings (SSSR count). The second-order valence-electron chi connectivity index (χ2n) is 6.45. The Balaban J connectivity index is 1.80. The lowest BCUT2D eigenvalue weighted by atomic mass is 10.1. The molecule has 3 N–H and O–H groups in total. The molecule has 4 aromatic rings. The van der Waals surface area contributed by atoms with E-state index in [2.05, 4.69) is 9.97 Å². The van der Waals surface area contributed by atoms with Gasteiger partial charge in [0.25, 0.3) is 5.56 Å². The number of benzene rings is 2. The van der Waals surface area contributed by atoms with Gasteiger partial charge in [0.1, 0.15) is 11.3 Å². The van der Waals surface area contributed by atoms with E-state index in [0.717, 1.165) is 21.0 Å². The smallest absolute Gasteiger partial charge is 0.335 e. The highest BCUT2D eigenvalue weighted by molar-refractivity contribution is 6.09. The van der Waals surface area contributed by atoms with Crippen molar-refractivity contribution in [2.24, 2.45) is 0 Å². The lowest BCUT2D eigenvalue weighted by Crippen LogP contribution is -2.32. The zero-order valence-electron chi connectivity index (χ0n) is 15.9. The first-order valence-electron chi connectivity index (χ1n) is 9.01. The molecule has 0 aliphatic heterocycles. The Morgan fingerprint density at radius 2 is 1.83 bits per heavy atom. The SMILES string of the molecule is COc1ccccc1-n1c(O)c(C(=O)C=Cc2c[nH]c3ccccc23)c(=O)[nH]c1=O. The molecule has 30 heavy (non-hydrogen) atoms. The number of hydrogen-bond donors (Lipinski definition) is 3. The normalized spacial score (nSPS) is 11.2. The minimum absolute atomic E-state index is 0.188. The lowest BCUT2D eigenvalue weighted by molar-refractivity contribution is 0.104. The maximum Gasteiger partial charge on any atom is 0.335 e. The monoisotopic (exact) mass is 403 g/mol. The molecule has 2 aromatic carbocycles. The summed E-state index contributed by atoms with van der Waals surface area (Å²) in [7, 11) is 1.41. The molecule has 0 fully saturated rings. The molecule has 0 saturated heterocycles. The predicted octanol–water partition coefficient (Wildman–Crippen LogP) is 2.62. The molecule has 2 aromatic heterocycles. The number of allylic oxidation sites excluding steroid dienone is 1. The zero-order valence-corrected chi connectivity index (χ0v) is 15.9. The van der Waals surface area contributed by atoms with E-state index in [4.69, 9.17) is 4.74 Å². The van der Waals surface area contributed by atoms with Crippen LogP contribution in [0.3, 0.4) is 0 Å². The van der Waals surface area contributed by atoms with Crippen LogP contribution in [0.2, 0.25) is 0 Å². The van der Waals surface area contributed by atoms with E-state index in [-0.39, 0.29) is 11.4 Å². The van der Waals surface area contributed by atoms with Crippen LogP contribution < -0.4 is 16.0 Å². The molecule has 0 aliphatic carbocycles. The fourth-order valence-electron chi connectivity index (χ4n) is 3.27. The number of aromatic hydroxyl groups is 1. The number of ketones is 1. The largest absolute Gasteiger partial charge is 0.495 e. The van der Waals surface area contributed by atoms with Gasteiger partial charge in [-0.25, -0.2) is 9.36 Å². The Hall–Kier alpha value is -4.33. The summed E-state index contributed by atoms with van der Waals surface area (Å²) in [5, 5.41) is 11.6. The highest BCUT2D eigenvalue weighted by atomic mass is 16.5. The number of nitrogens with one attached hydrogen (secondary N) is 2. The first-order chi connectivity index (χ1) is 14.5. The Morgan fingerprint density at radius 1 is 1.10 bits per heavy atom. The van der Waals surface area contributed by atoms with Gasteiger partial charge in [0, 0.05) is 17.1 Å². The molecule has 0 spiro atoms. The summed E-state index contributed by atoms with van der Waals surface area (Å²) in [6, 6.07) is 14.0. The first-order valence-corrected chi connectivity index (χ1v) is 9.01. The number of methoxy groups -OCH3 is 1. The van der Waals surface area contributed by atoms with Crippen LogP contribution >= 0.6 is 0 Å². The third-order valence-corrected chi connectivity index (χ3v) is 4.69. The van der Waals surface area contributed by atoms with E-state index in [9.17, 15) is 19.5 Å². The molecule has 150 valence electrons. The van der Waals surface area contributed by atoms with Gasteiger partial charge in [-0.1, -0.05) is 30.3 Å². The third-order valence-electron chi connectivity index (χ3n) is 4.69. The Morgan fingerprint density at radius 3 is 2.63 bits per heavy atom. The summed E-state index contributed by atoms with van der Waals surface area (Å²) < 4.78 is 6.04. The summed E-state index contributed by atoms with van der Waals surface area (Å²) in [5.41, 5.74) is -0.579. The zero-order chi connectivity index (χ0) is 21.3. The molecule has 2 heterocycles. The first kappa shape index (κ1) is 19.0. The van der Waals surface area contributed by atoms with Gasteiger partial charge in [-0.05, 0) is 35.9 Å². The van der Waals surface area contributed by atoms with Crippen LogP contribution in [0.25, 0.3) is 22.7 Å². The number of nitrogens with zero attached hydrogens (tertiary/aromatic N) is 1. The number of ether oxygens (including phenoxy) is 1. The van der Waals surface area contributed by atoms with Crippen LogP contribution in [-0.2, 0) is 0 Å². The van der Waals surface area contributed by atoms with Gasteiger partial charge in [-0.15, -0.1) is 0 Å². The average Bonchev–Trinajstić information content (AvgIpc) is 3.15. The van der Waals surface area contributed by atoms with Crippen molar-refractivity contribution < 1.29 is 14.6 Å². The third kappa shape index (κ3) is 3.20. The number of rotatable bonds is 5. The fourth-order valence-corrected chi connectivity index (χ4v) is 3.27. The van der Waals surface area contributed by atoms with Gasteiger partial charge in [0.2, 0.25) is 5.88 Å². The Bertz CT molecular complexity index is 1410. The minimum Gasteiger partial charge on any atom is -0.495 e. The molecule has 0 bridgehead atoms. The molecule has 8 nitrogen and oxygen atoms in total. The molecule has 0 atom stereocenters. The van der Waals surface area contributed by atoms with Crippen molar-refractivity contribution in [1.82, 2.24) is 14.5 Å². The number of carbonyl (C=O) groups excluding carboxylic acids is 1. The van der Waals surface area contributed by atoms with Crippen molar-refractivity contribution in [2.75, 3.05) is 7.11 Å². The number of aromatic nitrogens is 3.